The summed E-state index contributed by atoms with van der Waals surface area (Å²) in [7, 11) is 0. The summed E-state index contributed by atoms with van der Waals surface area (Å²) in [6.45, 7) is 8.74. The number of ether oxygens (including phenoxy) is 3. The Hall–Kier alpha value is -3.00. The van der Waals surface area contributed by atoms with Crippen molar-refractivity contribution < 1.29 is 28.6 Å². The molecule has 0 aliphatic carbocycles. The Balaban J connectivity index is 1.77. The standard InChI is InChI=1S/C22H23NO6S/c1-4-11-27-21(25)19-17(30-15-9-7-6-8-10-15)13-16-18(20(24)23(16)19)14(3)29-22(26)28-12-5-2/h4-10,14,16,18H,1-2,11-13H2,3H3/t14?,16-,18-/m1/s1. The molecule has 1 fully saturated rings. The van der Waals surface area contributed by atoms with Gasteiger partial charge in [0.2, 0.25) is 5.91 Å². The number of benzene rings is 1. The molecule has 1 saturated heterocycles. The molecule has 1 aromatic rings. The highest BCUT2D eigenvalue weighted by molar-refractivity contribution is 8.03. The molecule has 7 nitrogen and oxygen atoms in total. The van der Waals surface area contributed by atoms with Crippen molar-refractivity contribution in [2.24, 2.45) is 5.92 Å². The largest absolute Gasteiger partial charge is 0.508 e. The molecule has 0 bridgehead atoms. The van der Waals surface area contributed by atoms with Gasteiger partial charge in [-0.1, -0.05) is 55.3 Å². The Kier molecular flexibility index (Phi) is 6.99. The molecule has 0 N–H and O–H groups in total. The Morgan fingerprint density at radius 1 is 1.20 bits per heavy atom. The molecular weight excluding hydrogens is 406 g/mol. The number of amides is 1. The van der Waals surface area contributed by atoms with Crippen LogP contribution in [0, 0.1) is 5.92 Å². The van der Waals surface area contributed by atoms with Gasteiger partial charge in [-0.3, -0.25) is 4.79 Å². The molecule has 3 atom stereocenters. The maximum atomic E-state index is 12.9. The van der Waals surface area contributed by atoms with Crippen LogP contribution in [0.4, 0.5) is 4.79 Å². The number of rotatable bonds is 9. The van der Waals surface area contributed by atoms with E-state index in [0.717, 1.165) is 9.80 Å². The maximum Gasteiger partial charge on any atom is 0.508 e. The van der Waals surface area contributed by atoms with Crippen LogP contribution in [-0.4, -0.2) is 48.3 Å². The second-order valence-corrected chi connectivity index (χ2v) is 7.92. The van der Waals surface area contributed by atoms with Crippen molar-refractivity contribution in [1.29, 1.82) is 0 Å². The summed E-state index contributed by atoms with van der Waals surface area (Å²) in [5.41, 5.74) is 0.249. The number of carbonyl (C=O) groups excluding carboxylic acids is 3. The molecule has 2 aliphatic rings. The first-order chi connectivity index (χ1) is 14.5. The summed E-state index contributed by atoms with van der Waals surface area (Å²) in [5.74, 6) is -1.41. The Bertz CT molecular complexity index is 881. The third-order valence-corrected chi connectivity index (χ3v) is 5.90. The van der Waals surface area contributed by atoms with E-state index in [1.165, 1.54) is 28.8 Å². The van der Waals surface area contributed by atoms with Crippen LogP contribution in [0.25, 0.3) is 0 Å². The van der Waals surface area contributed by atoms with Gasteiger partial charge in [0, 0.05) is 16.2 Å². The van der Waals surface area contributed by atoms with Gasteiger partial charge in [-0.05, 0) is 19.1 Å². The van der Waals surface area contributed by atoms with E-state index in [4.69, 9.17) is 14.2 Å². The second-order valence-electron chi connectivity index (χ2n) is 6.75. The lowest BCUT2D eigenvalue weighted by molar-refractivity contribution is -0.162. The van der Waals surface area contributed by atoms with Crippen LogP contribution < -0.4 is 0 Å². The fourth-order valence-electron chi connectivity index (χ4n) is 3.52. The monoisotopic (exact) mass is 429 g/mol. The van der Waals surface area contributed by atoms with Gasteiger partial charge in [-0.25, -0.2) is 9.59 Å². The van der Waals surface area contributed by atoms with E-state index in [9.17, 15) is 14.4 Å². The molecule has 0 spiro atoms. The lowest BCUT2D eigenvalue weighted by atomic mass is 9.83. The van der Waals surface area contributed by atoms with E-state index in [2.05, 4.69) is 13.2 Å². The topological polar surface area (TPSA) is 82.1 Å². The Labute approximate surface area is 179 Å². The fourth-order valence-corrected chi connectivity index (χ4v) is 4.63. The zero-order valence-electron chi connectivity index (χ0n) is 16.6. The average molecular weight is 429 g/mol. The van der Waals surface area contributed by atoms with Gasteiger partial charge in [0.25, 0.3) is 0 Å². The molecule has 1 amide bonds. The second kappa shape index (κ2) is 9.67. The van der Waals surface area contributed by atoms with Crippen molar-refractivity contribution in [3.8, 4) is 0 Å². The van der Waals surface area contributed by atoms with Crippen LogP contribution in [0.1, 0.15) is 13.3 Å². The minimum absolute atomic E-state index is 0.0262. The van der Waals surface area contributed by atoms with Gasteiger partial charge in [0.15, 0.2) is 0 Å². The van der Waals surface area contributed by atoms with Crippen LogP contribution in [0.3, 0.4) is 0 Å². The molecule has 2 heterocycles. The van der Waals surface area contributed by atoms with Crippen LogP contribution in [0.2, 0.25) is 0 Å². The van der Waals surface area contributed by atoms with Crippen molar-refractivity contribution in [1.82, 2.24) is 4.90 Å². The first-order valence-corrected chi connectivity index (χ1v) is 10.3. The zero-order valence-corrected chi connectivity index (χ0v) is 17.4. The molecule has 2 aliphatic heterocycles. The van der Waals surface area contributed by atoms with E-state index in [-0.39, 0.29) is 30.9 Å². The van der Waals surface area contributed by atoms with E-state index in [1.807, 2.05) is 30.3 Å². The predicted molar refractivity (Wildman–Crippen MR) is 111 cm³/mol. The highest BCUT2D eigenvalue weighted by atomic mass is 32.2. The first kappa shape index (κ1) is 21.7. The minimum Gasteiger partial charge on any atom is -0.457 e. The predicted octanol–water partition coefficient (Wildman–Crippen LogP) is 3.68. The third kappa shape index (κ3) is 4.43. The molecule has 0 saturated carbocycles. The van der Waals surface area contributed by atoms with Crippen molar-refractivity contribution in [2.75, 3.05) is 13.2 Å². The molecular formula is C22H23NO6S. The van der Waals surface area contributed by atoms with Gasteiger partial charge < -0.3 is 19.1 Å². The molecule has 0 aromatic heterocycles. The van der Waals surface area contributed by atoms with E-state index >= 15 is 0 Å². The first-order valence-electron chi connectivity index (χ1n) is 9.49. The average Bonchev–Trinajstić information content (AvgIpc) is 3.05. The molecule has 1 aromatic carbocycles. The van der Waals surface area contributed by atoms with Gasteiger partial charge in [-0.15, -0.1) is 0 Å². The quantitative estimate of drug-likeness (QED) is 0.336. The summed E-state index contributed by atoms with van der Waals surface area (Å²) < 4.78 is 15.3. The minimum atomic E-state index is -0.857. The lowest BCUT2D eigenvalue weighted by Gasteiger charge is -2.45. The summed E-state index contributed by atoms with van der Waals surface area (Å²) in [5, 5.41) is 0. The number of β-lactam (4-membered cyclic amide) rings is 1. The smallest absolute Gasteiger partial charge is 0.457 e. The van der Waals surface area contributed by atoms with Gasteiger partial charge in [0.05, 0.1) is 12.0 Å². The summed E-state index contributed by atoms with van der Waals surface area (Å²) >= 11 is 1.42. The van der Waals surface area contributed by atoms with Crippen LogP contribution in [0.15, 0.2) is 71.1 Å². The van der Waals surface area contributed by atoms with Crippen molar-refractivity contribution in [3.05, 3.63) is 66.2 Å². The molecule has 1 unspecified atom stereocenters. The van der Waals surface area contributed by atoms with Crippen LogP contribution in [0.5, 0.6) is 0 Å². The Morgan fingerprint density at radius 2 is 1.87 bits per heavy atom. The van der Waals surface area contributed by atoms with Gasteiger partial charge >= 0.3 is 12.1 Å². The molecule has 3 rings (SSSR count). The number of hydrogen-bond donors (Lipinski definition) is 0. The molecule has 8 heteroatoms. The summed E-state index contributed by atoms with van der Waals surface area (Å²) in [6, 6.07) is 9.30. The number of thioether (sulfide) groups is 1. The van der Waals surface area contributed by atoms with Crippen molar-refractivity contribution in [3.63, 3.8) is 0 Å². The highest BCUT2D eigenvalue weighted by Gasteiger charge is 2.58. The van der Waals surface area contributed by atoms with E-state index < -0.39 is 24.1 Å². The maximum absolute atomic E-state index is 12.9. The molecule has 0 radical (unpaired) electrons. The zero-order chi connectivity index (χ0) is 21.7. The summed E-state index contributed by atoms with van der Waals surface area (Å²) in [6.07, 6.45) is 1.83. The summed E-state index contributed by atoms with van der Waals surface area (Å²) in [4.78, 5) is 40.4. The Morgan fingerprint density at radius 3 is 2.53 bits per heavy atom. The molecule has 158 valence electrons. The van der Waals surface area contributed by atoms with Crippen LogP contribution in [-0.2, 0) is 23.8 Å². The lowest BCUT2D eigenvalue weighted by Crippen LogP contribution is -2.62. The van der Waals surface area contributed by atoms with Crippen molar-refractivity contribution in [2.45, 2.75) is 30.4 Å². The number of fused-ring (bicyclic) bond motifs is 1. The van der Waals surface area contributed by atoms with Crippen molar-refractivity contribution >= 4 is 29.8 Å². The highest BCUT2D eigenvalue weighted by Crippen LogP contribution is 2.49. The van der Waals surface area contributed by atoms with Gasteiger partial charge in [0.1, 0.15) is 25.0 Å². The van der Waals surface area contributed by atoms with E-state index in [1.54, 1.807) is 6.92 Å². The normalized spacial score (nSPS) is 20.7. The number of esters is 1. The SMILES string of the molecule is C=CCOC(=O)OC(C)[C@H]1C(=O)N2C(C(=O)OCC=C)=C(Sc3ccccc3)C[C@H]12. The van der Waals surface area contributed by atoms with Gasteiger partial charge in [-0.2, -0.15) is 0 Å². The molecule has 30 heavy (non-hydrogen) atoms. The van der Waals surface area contributed by atoms with Crippen LogP contribution >= 0.6 is 11.8 Å². The number of nitrogens with zero attached hydrogens (tertiary/aromatic N) is 1. The number of hydrogen-bond acceptors (Lipinski definition) is 7. The third-order valence-electron chi connectivity index (χ3n) is 4.79. The van der Waals surface area contributed by atoms with E-state index in [0.29, 0.717) is 6.42 Å². The fraction of sp³-hybridized carbons (Fsp3) is 0.318. The number of carbonyl (C=O) groups is 3.